The van der Waals surface area contributed by atoms with Gasteiger partial charge in [-0.3, -0.25) is 19.1 Å². The minimum atomic E-state index is -0.664. The van der Waals surface area contributed by atoms with Crippen LogP contribution in [-0.4, -0.2) is 59.3 Å². The van der Waals surface area contributed by atoms with Crippen molar-refractivity contribution in [3.63, 3.8) is 0 Å². The minimum absolute atomic E-state index is 0.0956. The summed E-state index contributed by atoms with van der Waals surface area (Å²) in [5.41, 5.74) is 3.13. The number of halogens is 1. The lowest BCUT2D eigenvalue weighted by atomic mass is 9.89. The van der Waals surface area contributed by atoms with Gasteiger partial charge in [0.2, 0.25) is 0 Å². The molecular weight excluding hydrogens is 435 g/mol. The summed E-state index contributed by atoms with van der Waals surface area (Å²) < 4.78 is 14.5. The number of hydrogen-bond donors (Lipinski definition) is 1. The fourth-order valence-electron chi connectivity index (χ4n) is 4.59. The SMILES string of the molecule is Cc1cc2c(cc1C(=O)N1CCC(Cc3ccc(F)cc3)CC1)c(C(=O)C(=O)N(C)C)cn2N. The van der Waals surface area contributed by atoms with Gasteiger partial charge in [0.25, 0.3) is 17.6 Å². The van der Waals surface area contributed by atoms with Crippen LogP contribution in [0.1, 0.15) is 44.7 Å². The van der Waals surface area contributed by atoms with E-state index in [9.17, 15) is 18.8 Å². The third-order valence-corrected chi connectivity index (χ3v) is 6.59. The second-order valence-corrected chi connectivity index (χ2v) is 9.23. The Morgan fingerprint density at radius 1 is 1.06 bits per heavy atom. The first kappa shape index (κ1) is 23.5. The van der Waals surface area contributed by atoms with Gasteiger partial charge in [-0.2, -0.15) is 0 Å². The normalized spacial score (nSPS) is 14.4. The summed E-state index contributed by atoms with van der Waals surface area (Å²) in [4.78, 5) is 41.4. The van der Waals surface area contributed by atoms with E-state index in [1.807, 2.05) is 24.0 Å². The summed E-state index contributed by atoms with van der Waals surface area (Å²) in [7, 11) is 3.03. The second kappa shape index (κ2) is 9.29. The molecule has 0 atom stereocenters. The average molecular weight is 465 g/mol. The Kier molecular flexibility index (Phi) is 6.41. The molecule has 1 aromatic heterocycles. The zero-order chi connectivity index (χ0) is 24.6. The van der Waals surface area contributed by atoms with E-state index in [1.54, 1.807) is 12.1 Å². The van der Waals surface area contributed by atoms with E-state index in [1.165, 1.54) is 42.0 Å². The number of nitrogens with zero attached hydrogens (tertiary/aromatic N) is 3. The fourth-order valence-corrected chi connectivity index (χ4v) is 4.59. The number of carbonyl (C=O) groups excluding carboxylic acids is 3. The maximum Gasteiger partial charge on any atom is 0.294 e. The Hall–Kier alpha value is -3.68. The predicted molar refractivity (Wildman–Crippen MR) is 129 cm³/mol. The highest BCUT2D eigenvalue weighted by molar-refractivity contribution is 6.44. The van der Waals surface area contributed by atoms with Crippen LogP contribution in [0, 0.1) is 18.7 Å². The number of Topliss-reactive ketones (excluding diaryl/α,β-unsaturated/α-hetero) is 1. The molecule has 1 aliphatic rings. The van der Waals surface area contributed by atoms with Gasteiger partial charge < -0.3 is 15.6 Å². The lowest BCUT2D eigenvalue weighted by Gasteiger charge is -2.32. The standard InChI is InChI=1S/C26H29FN4O3/c1-16-12-23-21(22(15-31(23)28)24(32)26(34)29(2)3)14-20(16)25(33)30-10-8-18(9-11-30)13-17-4-6-19(27)7-5-17/h4-7,12,14-15,18H,8-11,13,28H2,1-3H3. The van der Waals surface area contributed by atoms with E-state index in [2.05, 4.69) is 0 Å². The van der Waals surface area contributed by atoms with Crippen molar-refractivity contribution in [3.8, 4) is 0 Å². The predicted octanol–water partition coefficient (Wildman–Crippen LogP) is 3.17. The van der Waals surface area contributed by atoms with Crippen molar-refractivity contribution in [2.75, 3.05) is 33.0 Å². The lowest BCUT2D eigenvalue weighted by molar-refractivity contribution is -0.124. The van der Waals surface area contributed by atoms with Crippen molar-refractivity contribution >= 4 is 28.5 Å². The number of likely N-dealkylation sites (N-methyl/N-ethyl adjacent to an activating group) is 1. The van der Waals surface area contributed by atoms with Crippen molar-refractivity contribution < 1.29 is 18.8 Å². The number of hydrogen-bond acceptors (Lipinski definition) is 4. The zero-order valence-electron chi connectivity index (χ0n) is 19.7. The molecule has 0 bridgehead atoms. The van der Waals surface area contributed by atoms with Gasteiger partial charge in [0, 0.05) is 44.3 Å². The van der Waals surface area contributed by atoms with Crippen LogP contribution in [0.15, 0.2) is 42.6 Å². The third-order valence-electron chi connectivity index (χ3n) is 6.59. The summed E-state index contributed by atoms with van der Waals surface area (Å²) >= 11 is 0. The fraction of sp³-hybridized carbons (Fsp3) is 0.346. The van der Waals surface area contributed by atoms with Gasteiger partial charge in [-0.1, -0.05) is 12.1 Å². The molecule has 1 fully saturated rings. The number of rotatable bonds is 5. The lowest BCUT2D eigenvalue weighted by Crippen LogP contribution is -2.39. The Morgan fingerprint density at radius 3 is 2.32 bits per heavy atom. The third kappa shape index (κ3) is 4.53. The number of aryl methyl sites for hydroxylation is 1. The highest BCUT2D eigenvalue weighted by Gasteiger charge is 2.27. The first-order valence-electron chi connectivity index (χ1n) is 11.4. The van der Waals surface area contributed by atoms with Crippen LogP contribution in [0.25, 0.3) is 10.9 Å². The van der Waals surface area contributed by atoms with Gasteiger partial charge in [-0.15, -0.1) is 0 Å². The van der Waals surface area contributed by atoms with Crippen molar-refractivity contribution in [3.05, 3.63) is 70.7 Å². The number of nitrogen functional groups attached to an aromatic ring is 1. The number of amides is 2. The molecule has 2 aromatic carbocycles. The van der Waals surface area contributed by atoms with E-state index in [4.69, 9.17) is 5.84 Å². The summed E-state index contributed by atoms with van der Waals surface area (Å²) in [5, 5.41) is 0.489. The molecule has 0 spiro atoms. The van der Waals surface area contributed by atoms with Crippen LogP contribution in [0.5, 0.6) is 0 Å². The van der Waals surface area contributed by atoms with Crippen LogP contribution in [0.2, 0.25) is 0 Å². The van der Waals surface area contributed by atoms with Gasteiger partial charge in [-0.05, 0) is 67.5 Å². The molecule has 178 valence electrons. The first-order chi connectivity index (χ1) is 16.2. The van der Waals surface area contributed by atoms with Crippen LogP contribution in [0.3, 0.4) is 0 Å². The quantitative estimate of drug-likeness (QED) is 0.357. The molecule has 4 rings (SSSR count). The van der Waals surface area contributed by atoms with E-state index in [0.717, 1.165) is 30.4 Å². The van der Waals surface area contributed by atoms with Crippen LogP contribution in [-0.2, 0) is 11.2 Å². The molecule has 2 N–H and O–H groups in total. The molecule has 0 unspecified atom stereocenters. The maximum atomic E-state index is 13.4. The minimum Gasteiger partial charge on any atom is -0.342 e. The summed E-state index contributed by atoms with van der Waals surface area (Å²) in [6.45, 7) is 3.10. The number of carbonyl (C=O) groups is 3. The molecule has 2 heterocycles. The average Bonchev–Trinajstić information content (AvgIpc) is 3.14. The highest BCUT2D eigenvalue weighted by Crippen LogP contribution is 2.28. The highest BCUT2D eigenvalue weighted by atomic mass is 19.1. The number of ketones is 1. The second-order valence-electron chi connectivity index (χ2n) is 9.23. The van der Waals surface area contributed by atoms with Crippen LogP contribution >= 0.6 is 0 Å². The van der Waals surface area contributed by atoms with Crippen LogP contribution in [0.4, 0.5) is 4.39 Å². The Bertz CT molecular complexity index is 1260. The van der Waals surface area contributed by atoms with Gasteiger partial charge in [0.1, 0.15) is 5.82 Å². The van der Waals surface area contributed by atoms with Gasteiger partial charge >= 0.3 is 0 Å². The molecule has 8 heteroatoms. The molecular formula is C26H29FN4O3. The van der Waals surface area contributed by atoms with E-state index < -0.39 is 11.7 Å². The smallest absolute Gasteiger partial charge is 0.294 e. The van der Waals surface area contributed by atoms with Crippen molar-refractivity contribution in [2.24, 2.45) is 5.92 Å². The van der Waals surface area contributed by atoms with E-state index >= 15 is 0 Å². The Labute approximate surface area is 197 Å². The molecule has 0 aliphatic carbocycles. The number of benzene rings is 2. The first-order valence-corrected chi connectivity index (χ1v) is 11.4. The number of nitrogens with two attached hydrogens (primary N) is 1. The number of likely N-dealkylation sites (tertiary alicyclic amines) is 1. The zero-order valence-corrected chi connectivity index (χ0v) is 19.7. The molecule has 0 radical (unpaired) electrons. The van der Waals surface area contributed by atoms with Gasteiger partial charge in [0.05, 0.1) is 11.1 Å². The van der Waals surface area contributed by atoms with E-state index in [-0.39, 0.29) is 17.3 Å². The summed E-state index contributed by atoms with van der Waals surface area (Å²) in [5.74, 6) is 4.83. The molecule has 3 aromatic rings. The van der Waals surface area contributed by atoms with Crippen LogP contribution < -0.4 is 5.84 Å². The Balaban J connectivity index is 1.53. The van der Waals surface area contributed by atoms with Crippen molar-refractivity contribution in [2.45, 2.75) is 26.2 Å². The molecule has 2 amide bonds. The molecule has 1 aliphatic heterocycles. The number of piperidine rings is 1. The van der Waals surface area contributed by atoms with Gasteiger partial charge in [0.15, 0.2) is 0 Å². The van der Waals surface area contributed by atoms with E-state index in [0.29, 0.717) is 35.5 Å². The summed E-state index contributed by atoms with van der Waals surface area (Å²) in [6, 6.07) is 10.0. The molecule has 0 saturated carbocycles. The maximum absolute atomic E-state index is 13.4. The molecule has 7 nitrogen and oxygen atoms in total. The Morgan fingerprint density at radius 2 is 1.71 bits per heavy atom. The summed E-state index contributed by atoms with van der Waals surface area (Å²) in [6.07, 6.45) is 4.03. The largest absolute Gasteiger partial charge is 0.342 e. The topological polar surface area (TPSA) is 88.6 Å². The number of aromatic nitrogens is 1. The van der Waals surface area contributed by atoms with Crippen molar-refractivity contribution in [1.82, 2.24) is 14.5 Å². The van der Waals surface area contributed by atoms with Gasteiger partial charge in [-0.25, -0.2) is 4.39 Å². The van der Waals surface area contributed by atoms with Crippen molar-refractivity contribution in [1.29, 1.82) is 0 Å². The molecule has 1 saturated heterocycles. The number of fused-ring (bicyclic) bond motifs is 1. The molecule has 34 heavy (non-hydrogen) atoms. The monoisotopic (exact) mass is 464 g/mol.